The maximum Gasteiger partial charge on any atom is 0.164 e. The lowest BCUT2D eigenvalue weighted by molar-refractivity contribution is 0.853. The molecule has 0 saturated carbocycles. The van der Waals surface area contributed by atoms with Crippen LogP contribution in [0.5, 0.6) is 0 Å². The molecule has 0 amide bonds. The highest BCUT2D eigenvalue weighted by atomic mass is 32.1. The van der Waals surface area contributed by atoms with Gasteiger partial charge >= 0.3 is 0 Å². The van der Waals surface area contributed by atoms with E-state index in [-0.39, 0.29) is 0 Å². The number of thiophene rings is 1. The van der Waals surface area contributed by atoms with Crippen molar-refractivity contribution in [2.75, 3.05) is 0 Å². The number of benzene rings is 5. The van der Waals surface area contributed by atoms with Gasteiger partial charge in [-0.2, -0.15) is 0 Å². The highest BCUT2D eigenvalue weighted by Gasteiger charge is 2.28. The Morgan fingerprint density at radius 3 is 2.30 bits per heavy atom. The maximum atomic E-state index is 5.49. The summed E-state index contributed by atoms with van der Waals surface area (Å²) in [6.45, 7) is 0. The Kier molecular flexibility index (Phi) is 4.60. The molecule has 3 nitrogen and oxygen atoms in total. The number of aryl methyl sites for hydroxylation is 1. The van der Waals surface area contributed by atoms with Crippen LogP contribution < -0.4 is 0 Å². The molecule has 5 aromatic carbocycles. The highest BCUT2D eigenvalue weighted by Crippen LogP contribution is 2.45. The Labute approximate surface area is 235 Å². The number of hydrogen-bond donors (Lipinski definition) is 0. The maximum absolute atomic E-state index is 5.49. The molecule has 1 aliphatic rings. The van der Waals surface area contributed by atoms with Crippen molar-refractivity contribution in [2.45, 2.75) is 12.8 Å². The summed E-state index contributed by atoms with van der Waals surface area (Å²) >= 11 is 1.72. The van der Waals surface area contributed by atoms with Crippen LogP contribution in [-0.4, -0.2) is 14.5 Å². The summed E-state index contributed by atoms with van der Waals surface area (Å²) < 4.78 is 3.64. The van der Waals surface area contributed by atoms with Crippen molar-refractivity contribution in [2.24, 2.45) is 0 Å². The van der Waals surface area contributed by atoms with Gasteiger partial charge in [-0.25, -0.2) is 9.97 Å². The van der Waals surface area contributed by atoms with Gasteiger partial charge in [-0.05, 0) is 52.9 Å². The Bertz CT molecular complexity index is 2270. The molecule has 0 atom stereocenters. The average molecular weight is 530 g/mol. The zero-order valence-corrected chi connectivity index (χ0v) is 22.5. The molecule has 188 valence electrons. The van der Waals surface area contributed by atoms with Crippen LogP contribution >= 0.6 is 11.3 Å². The summed E-state index contributed by atoms with van der Waals surface area (Å²) in [6.07, 6.45) is 1.96. The van der Waals surface area contributed by atoms with Crippen LogP contribution in [-0.2, 0) is 12.8 Å². The third-order valence-corrected chi connectivity index (χ3v) is 9.36. The van der Waals surface area contributed by atoms with Crippen LogP contribution in [0.4, 0.5) is 0 Å². The van der Waals surface area contributed by atoms with Crippen LogP contribution in [0, 0.1) is 0 Å². The van der Waals surface area contributed by atoms with Gasteiger partial charge in [0.1, 0.15) is 16.0 Å². The van der Waals surface area contributed by atoms with Gasteiger partial charge < -0.3 is 0 Å². The zero-order chi connectivity index (χ0) is 26.2. The number of hydrogen-bond acceptors (Lipinski definition) is 3. The summed E-state index contributed by atoms with van der Waals surface area (Å²) in [5.74, 6) is 0.906. The zero-order valence-electron chi connectivity index (χ0n) is 21.6. The van der Waals surface area contributed by atoms with E-state index in [0.29, 0.717) is 0 Å². The molecular weight excluding hydrogens is 506 g/mol. The third-order valence-electron chi connectivity index (χ3n) is 8.30. The van der Waals surface area contributed by atoms with E-state index in [2.05, 4.69) is 120 Å². The smallest absolute Gasteiger partial charge is 0.164 e. The largest absolute Gasteiger partial charge is 0.296 e. The van der Waals surface area contributed by atoms with Crippen molar-refractivity contribution in [3.05, 3.63) is 127 Å². The summed E-state index contributed by atoms with van der Waals surface area (Å²) in [5, 5.41) is 4.93. The highest BCUT2D eigenvalue weighted by molar-refractivity contribution is 7.25. The van der Waals surface area contributed by atoms with E-state index in [0.717, 1.165) is 45.7 Å². The lowest BCUT2D eigenvalue weighted by atomic mass is 9.88. The van der Waals surface area contributed by atoms with Crippen LogP contribution in [0.2, 0.25) is 0 Å². The van der Waals surface area contributed by atoms with E-state index in [9.17, 15) is 0 Å². The normalized spacial score (nSPS) is 12.8. The van der Waals surface area contributed by atoms with E-state index in [4.69, 9.17) is 9.97 Å². The van der Waals surface area contributed by atoms with Gasteiger partial charge in [0.05, 0.1) is 5.52 Å². The Morgan fingerprint density at radius 1 is 0.650 bits per heavy atom. The van der Waals surface area contributed by atoms with Crippen LogP contribution in [0.1, 0.15) is 11.3 Å². The fourth-order valence-corrected chi connectivity index (χ4v) is 7.52. The SMILES string of the molecule is c1ccc(-c2nc3sc4ccccc4c3nc2-n2c3c(c4cc5ccccc5cc42)-c2ccccc2CC3)cc1. The van der Waals surface area contributed by atoms with Gasteiger partial charge in [0.25, 0.3) is 0 Å². The molecule has 3 aromatic heterocycles. The van der Waals surface area contributed by atoms with Crippen molar-refractivity contribution in [3.63, 3.8) is 0 Å². The molecule has 8 aromatic rings. The second-order valence-electron chi connectivity index (χ2n) is 10.5. The first-order chi connectivity index (χ1) is 19.8. The second-order valence-corrected chi connectivity index (χ2v) is 11.6. The van der Waals surface area contributed by atoms with Gasteiger partial charge in [-0.15, -0.1) is 11.3 Å². The predicted octanol–water partition coefficient (Wildman–Crippen LogP) is 9.37. The molecule has 0 aliphatic heterocycles. The first kappa shape index (κ1) is 22.1. The van der Waals surface area contributed by atoms with Gasteiger partial charge in [0, 0.05) is 32.3 Å². The Morgan fingerprint density at radius 2 is 1.40 bits per heavy atom. The van der Waals surface area contributed by atoms with Gasteiger partial charge in [-0.3, -0.25) is 4.57 Å². The minimum atomic E-state index is 0.906. The summed E-state index contributed by atoms with van der Waals surface area (Å²) in [7, 11) is 0. The minimum absolute atomic E-state index is 0.906. The molecule has 3 heterocycles. The van der Waals surface area contributed by atoms with E-state index >= 15 is 0 Å². The molecule has 0 fully saturated rings. The molecule has 4 heteroatoms. The topological polar surface area (TPSA) is 30.7 Å². The Hall–Kier alpha value is -4.80. The molecule has 9 rings (SSSR count). The monoisotopic (exact) mass is 529 g/mol. The van der Waals surface area contributed by atoms with E-state index < -0.39 is 0 Å². The summed E-state index contributed by atoms with van der Waals surface area (Å²) in [5.41, 5.74) is 9.56. The van der Waals surface area contributed by atoms with E-state index in [1.807, 2.05) is 0 Å². The molecule has 0 bridgehead atoms. The van der Waals surface area contributed by atoms with Gasteiger partial charge in [0.2, 0.25) is 0 Å². The summed E-state index contributed by atoms with van der Waals surface area (Å²) in [6, 6.07) is 41.3. The molecular formula is C36H23N3S. The molecule has 40 heavy (non-hydrogen) atoms. The molecule has 0 saturated heterocycles. The van der Waals surface area contributed by atoms with Crippen LogP contribution in [0.15, 0.2) is 115 Å². The number of nitrogens with zero attached hydrogens (tertiary/aromatic N) is 3. The fourth-order valence-electron chi connectivity index (χ4n) is 6.50. The lowest BCUT2D eigenvalue weighted by Crippen LogP contribution is -2.10. The first-order valence-electron chi connectivity index (χ1n) is 13.7. The number of fused-ring (bicyclic) bond motifs is 9. The molecule has 1 aliphatic carbocycles. The first-order valence-corrected chi connectivity index (χ1v) is 14.5. The third kappa shape index (κ3) is 3.11. The molecule has 0 radical (unpaired) electrons. The van der Waals surface area contributed by atoms with Crippen molar-refractivity contribution in [1.82, 2.24) is 14.5 Å². The van der Waals surface area contributed by atoms with Crippen LogP contribution in [0.3, 0.4) is 0 Å². The van der Waals surface area contributed by atoms with E-state index in [1.165, 1.54) is 48.8 Å². The number of rotatable bonds is 2. The van der Waals surface area contributed by atoms with Crippen molar-refractivity contribution < 1.29 is 0 Å². The van der Waals surface area contributed by atoms with Crippen molar-refractivity contribution in [1.29, 1.82) is 0 Å². The second kappa shape index (κ2) is 8.35. The van der Waals surface area contributed by atoms with E-state index in [1.54, 1.807) is 11.3 Å². The van der Waals surface area contributed by atoms with Crippen molar-refractivity contribution >= 4 is 53.4 Å². The van der Waals surface area contributed by atoms with Gasteiger partial charge in [0.15, 0.2) is 5.82 Å². The minimum Gasteiger partial charge on any atom is -0.296 e. The van der Waals surface area contributed by atoms with Gasteiger partial charge in [-0.1, -0.05) is 97.1 Å². The average Bonchev–Trinajstić information content (AvgIpc) is 3.54. The number of aromatic nitrogens is 3. The molecule has 0 unspecified atom stereocenters. The van der Waals surface area contributed by atoms with Crippen LogP contribution in [0.25, 0.3) is 70.3 Å². The Balaban J connectivity index is 1.47. The van der Waals surface area contributed by atoms with Crippen molar-refractivity contribution in [3.8, 4) is 28.2 Å². The standard InChI is InChI=1S/C36H23N3S/c1-2-11-23(12-3-1)33-35(37-34-27-16-8-9-17-31(27)40-36(34)38-33)39-29-19-18-22-10-6-7-15-26(22)32(29)28-20-24-13-4-5-14-25(24)21-30(28)39/h1-17,20-21H,18-19H2. The predicted molar refractivity (Wildman–Crippen MR) is 168 cm³/mol. The fraction of sp³-hybridized carbons (Fsp3) is 0.0556. The lowest BCUT2D eigenvalue weighted by Gasteiger charge is -2.20. The summed E-state index contributed by atoms with van der Waals surface area (Å²) in [4.78, 5) is 11.8. The quantitative estimate of drug-likeness (QED) is 0.223. The molecule has 0 spiro atoms. The molecule has 0 N–H and O–H groups in total.